The van der Waals surface area contributed by atoms with Gasteiger partial charge in [0.15, 0.2) is 0 Å². The molecular weight excluding hydrogens is 212 g/mol. The summed E-state index contributed by atoms with van der Waals surface area (Å²) in [6, 6.07) is 7.51. The number of hydrogen-bond donors (Lipinski definition) is 1. The summed E-state index contributed by atoms with van der Waals surface area (Å²) in [7, 11) is 0. The minimum absolute atomic E-state index is 0.0439. The van der Waals surface area contributed by atoms with Crippen LogP contribution in [0.2, 0.25) is 0 Å². The van der Waals surface area contributed by atoms with Crippen molar-refractivity contribution in [2.45, 2.75) is 38.5 Å². The topological polar surface area (TPSA) is 21.3 Å². The Hall–Kier alpha value is -1.16. The Morgan fingerprint density at radius 3 is 2.62 bits per heavy atom. The quantitative estimate of drug-likeness (QED) is 0.834. The van der Waals surface area contributed by atoms with Crippen LogP contribution in [-0.2, 0) is 0 Å². The Bertz CT molecular complexity index is 353. The van der Waals surface area contributed by atoms with Crippen LogP contribution in [-0.4, -0.2) is 12.7 Å². The van der Waals surface area contributed by atoms with E-state index in [1.54, 1.807) is 12.1 Å². The second kappa shape index (κ2) is 4.78. The molecule has 0 spiro atoms. The van der Waals surface area contributed by atoms with E-state index in [-0.39, 0.29) is 11.8 Å². The fourth-order valence-electron chi connectivity index (χ4n) is 1.73. The van der Waals surface area contributed by atoms with Gasteiger partial charge in [0.05, 0.1) is 0 Å². The summed E-state index contributed by atoms with van der Waals surface area (Å²) in [5.41, 5.74) is 0.787. The van der Waals surface area contributed by atoms with Crippen molar-refractivity contribution in [2.24, 2.45) is 0 Å². The zero-order valence-electron chi connectivity index (χ0n) is 9.12. The van der Waals surface area contributed by atoms with Crippen LogP contribution in [0.4, 0.5) is 8.78 Å². The minimum Gasteiger partial charge on any atom is -0.434 e. The lowest BCUT2D eigenvalue weighted by Gasteiger charge is -2.17. The first-order valence-corrected chi connectivity index (χ1v) is 5.46. The summed E-state index contributed by atoms with van der Waals surface area (Å²) in [5.74, 6) is 0.262. The molecule has 0 heterocycles. The van der Waals surface area contributed by atoms with Crippen molar-refractivity contribution < 1.29 is 13.5 Å². The zero-order chi connectivity index (χ0) is 11.5. The molecule has 2 nitrogen and oxygen atoms in total. The monoisotopic (exact) mass is 227 g/mol. The first-order valence-electron chi connectivity index (χ1n) is 5.46. The number of nitrogens with one attached hydrogen (secondary N) is 1. The summed E-state index contributed by atoms with van der Waals surface area (Å²) in [5, 5.41) is 3.36. The maximum atomic E-state index is 12.2. The first kappa shape index (κ1) is 11.3. The lowest BCUT2D eigenvalue weighted by Crippen LogP contribution is -2.21. The molecule has 2 rings (SSSR count). The van der Waals surface area contributed by atoms with E-state index >= 15 is 0 Å². The zero-order valence-corrected chi connectivity index (χ0v) is 9.12. The number of alkyl halides is 2. The van der Waals surface area contributed by atoms with Gasteiger partial charge in [-0.05, 0) is 25.8 Å². The first-order chi connectivity index (χ1) is 7.66. The van der Waals surface area contributed by atoms with Gasteiger partial charge in [0.2, 0.25) is 0 Å². The summed E-state index contributed by atoms with van der Waals surface area (Å²) >= 11 is 0. The molecule has 0 bridgehead atoms. The SMILES string of the molecule is CC(NC1CC1)c1ccccc1OC(F)F. The summed E-state index contributed by atoms with van der Waals surface area (Å²) in [4.78, 5) is 0. The fourth-order valence-corrected chi connectivity index (χ4v) is 1.73. The predicted molar refractivity (Wildman–Crippen MR) is 57.6 cm³/mol. The Labute approximate surface area is 93.6 Å². The average Bonchev–Trinajstić information content (AvgIpc) is 3.01. The van der Waals surface area contributed by atoms with E-state index < -0.39 is 6.61 Å². The van der Waals surface area contributed by atoms with Crippen molar-refractivity contribution >= 4 is 0 Å². The van der Waals surface area contributed by atoms with E-state index in [0.29, 0.717) is 6.04 Å². The maximum absolute atomic E-state index is 12.2. The van der Waals surface area contributed by atoms with Gasteiger partial charge in [0, 0.05) is 17.6 Å². The highest BCUT2D eigenvalue weighted by atomic mass is 19.3. The van der Waals surface area contributed by atoms with Crippen molar-refractivity contribution in [3.63, 3.8) is 0 Å². The van der Waals surface area contributed by atoms with E-state index in [4.69, 9.17) is 0 Å². The van der Waals surface area contributed by atoms with Crippen molar-refractivity contribution in [1.82, 2.24) is 5.32 Å². The van der Waals surface area contributed by atoms with Crippen LogP contribution < -0.4 is 10.1 Å². The van der Waals surface area contributed by atoms with Gasteiger partial charge in [0.25, 0.3) is 0 Å². The lowest BCUT2D eigenvalue weighted by molar-refractivity contribution is -0.0506. The van der Waals surface area contributed by atoms with Gasteiger partial charge in [-0.2, -0.15) is 8.78 Å². The van der Waals surface area contributed by atoms with Gasteiger partial charge in [-0.15, -0.1) is 0 Å². The molecule has 1 atom stereocenters. The molecule has 1 fully saturated rings. The van der Waals surface area contributed by atoms with E-state index in [0.717, 1.165) is 5.56 Å². The second-order valence-corrected chi connectivity index (χ2v) is 4.08. The van der Waals surface area contributed by atoms with Crippen molar-refractivity contribution in [2.75, 3.05) is 0 Å². The minimum atomic E-state index is -2.77. The van der Waals surface area contributed by atoms with Crippen LogP contribution in [0.5, 0.6) is 5.75 Å². The van der Waals surface area contributed by atoms with Crippen LogP contribution >= 0.6 is 0 Å². The van der Waals surface area contributed by atoms with Crippen LogP contribution in [0, 0.1) is 0 Å². The Kier molecular flexibility index (Phi) is 3.39. The number of ether oxygens (including phenoxy) is 1. The molecule has 1 aromatic carbocycles. The molecule has 1 unspecified atom stereocenters. The van der Waals surface area contributed by atoms with Gasteiger partial charge in [0.1, 0.15) is 5.75 Å². The lowest BCUT2D eigenvalue weighted by atomic mass is 10.1. The molecule has 1 N–H and O–H groups in total. The number of benzene rings is 1. The van der Waals surface area contributed by atoms with Crippen LogP contribution in [0.25, 0.3) is 0 Å². The van der Waals surface area contributed by atoms with E-state index in [2.05, 4.69) is 10.1 Å². The highest BCUT2D eigenvalue weighted by Crippen LogP contribution is 2.29. The molecule has 1 aliphatic rings. The predicted octanol–water partition coefficient (Wildman–Crippen LogP) is 3.10. The van der Waals surface area contributed by atoms with E-state index in [9.17, 15) is 8.78 Å². The van der Waals surface area contributed by atoms with Gasteiger partial charge in [-0.25, -0.2) is 0 Å². The van der Waals surface area contributed by atoms with Crippen molar-refractivity contribution in [1.29, 1.82) is 0 Å². The molecule has 0 amide bonds. The van der Waals surface area contributed by atoms with Gasteiger partial charge in [-0.1, -0.05) is 18.2 Å². The Balaban J connectivity index is 2.10. The number of hydrogen-bond acceptors (Lipinski definition) is 2. The summed E-state index contributed by atoms with van der Waals surface area (Å²) in [6.07, 6.45) is 2.34. The molecule has 16 heavy (non-hydrogen) atoms. The van der Waals surface area contributed by atoms with Crippen molar-refractivity contribution in [3.05, 3.63) is 29.8 Å². The molecule has 1 saturated carbocycles. The number of halogens is 2. The molecule has 0 aliphatic heterocycles. The van der Waals surface area contributed by atoms with Crippen LogP contribution in [0.3, 0.4) is 0 Å². The molecular formula is C12H15F2NO. The molecule has 0 aromatic heterocycles. The highest BCUT2D eigenvalue weighted by Gasteiger charge is 2.24. The van der Waals surface area contributed by atoms with Crippen LogP contribution in [0.1, 0.15) is 31.4 Å². The molecule has 1 aromatic rings. The average molecular weight is 227 g/mol. The molecule has 0 saturated heterocycles. The summed E-state index contributed by atoms with van der Waals surface area (Å²) in [6.45, 7) is -0.805. The van der Waals surface area contributed by atoms with Gasteiger partial charge >= 0.3 is 6.61 Å². The summed E-state index contributed by atoms with van der Waals surface area (Å²) < 4.78 is 28.9. The van der Waals surface area contributed by atoms with E-state index in [1.165, 1.54) is 12.8 Å². The number of para-hydroxylation sites is 1. The normalized spacial score (nSPS) is 17.5. The molecule has 1 aliphatic carbocycles. The van der Waals surface area contributed by atoms with E-state index in [1.807, 2.05) is 19.1 Å². The van der Waals surface area contributed by atoms with Gasteiger partial charge in [-0.3, -0.25) is 0 Å². The standard InChI is InChI=1S/C12H15F2NO/c1-8(15-9-6-7-9)10-4-2-3-5-11(10)16-12(13)14/h2-5,8-9,12,15H,6-7H2,1H3. The molecule has 4 heteroatoms. The smallest absolute Gasteiger partial charge is 0.387 e. The molecule has 0 radical (unpaired) electrons. The fraction of sp³-hybridized carbons (Fsp3) is 0.500. The number of rotatable bonds is 5. The maximum Gasteiger partial charge on any atom is 0.387 e. The molecule has 88 valence electrons. The van der Waals surface area contributed by atoms with Gasteiger partial charge < -0.3 is 10.1 Å². The third-order valence-corrected chi connectivity index (χ3v) is 2.66. The third-order valence-electron chi connectivity index (χ3n) is 2.66. The largest absolute Gasteiger partial charge is 0.434 e. The Morgan fingerprint density at radius 1 is 1.31 bits per heavy atom. The van der Waals surface area contributed by atoms with Crippen LogP contribution in [0.15, 0.2) is 24.3 Å². The third kappa shape index (κ3) is 2.92. The van der Waals surface area contributed by atoms with Crippen molar-refractivity contribution in [3.8, 4) is 5.75 Å². The highest BCUT2D eigenvalue weighted by molar-refractivity contribution is 5.35. The second-order valence-electron chi connectivity index (χ2n) is 4.08. The Morgan fingerprint density at radius 2 is 2.00 bits per heavy atom.